The van der Waals surface area contributed by atoms with E-state index in [0.29, 0.717) is 12.5 Å². The smallest absolute Gasteiger partial charge is 0.308 e. The summed E-state index contributed by atoms with van der Waals surface area (Å²) in [5.41, 5.74) is 1.04. The Morgan fingerprint density at radius 2 is 2.00 bits per heavy atom. The van der Waals surface area contributed by atoms with Crippen LogP contribution in [0.2, 0.25) is 0 Å². The van der Waals surface area contributed by atoms with Crippen molar-refractivity contribution < 1.29 is 14.3 Å². The third kappa shape index (κ3) is 4.67. The van der Waals surface area contributed by atoms with Crippen LogP contribution < -0.4 is 0 Å². The van der Waals surface area contributed by atoms with Crippen molar-refractivity contribution in [1.82, 2.24) is 0 Å². The highest BCUT2D eigenvalue weighted by Crippen LogP contribution is 2.23. The molecule has 19 heavy (non-hydrogen) atoms. The molecule has 2 rings (SSSR count). The Morgan fingerprint density at radius 3 is 2.68 bits per heavy atom. The second-order valence-electron chi connectivity index (χ2n) is 5.29. The fourth-order valence-corrected chi connectivity index (χ4v) is 2.45. The molecule has 1 aliphatic rings. The van der Waals surface area contributed by atoms with Crippen molar-refractivity contribution in [3.05, 3.63) is 35.9 Å². The van der Waals surface area contributed by atoms with Gasteiger partial charge in [-0.05, 0) is 30.7 Å². The van der Waals surface area contributed by atoms with E-state index in [1.54, 1.807) is 0 Å². The molecule has 0 aromatic heterocycles. The SMILES string of the molecule is CC(CC1CCOCC1)C(=O)OCc1ccccc1. The van der Waals surface area contributed by atoms with E-state index >= 15 is 0 Å². The van der Waals surface area contributed by atoms with Gasteiger partial charge < -0.3 is 9.47 Å². The highest BCUT2D eigenvalue weighted by atomic mass is 16.5. The van der Waals surface area contributed by atoms with Gasteiger partial charge >= 0.3 is 5.97 Å². The molecule has 0 N–H and O–H groups in total. The first-order valence-electron chi connectivity index (χ1n) is 7.04. The van der Waals surface area contributed by atoms with Crippen LogP contribution in [-0.4, -0.2) is 19.2 Å². The predicted octanol–water partition coefficient (Wildman–Crippen LogP) is 3.18. The zero-order chi connectivity index (χ0) is 13.5. The van der Waals surface area contributed by atoms with E-state index in [1.807, 2.05) is 37.3 Å². The summed E-state index contributed by atoms with van der Waals surface area (Å²) in [5.74, 6) is 0.496. The Bertz CT molecular complexity index is 382. The molecule has 1 unspecified atom stereocenters. The number of hydrogen-bond donors (Lipinski definition) is 0. The van der Waals surface area contributed by atoms with Crippen LogP contribution >= 0.6 is 0 Å². The Labute approximate surface area is 114 Å². The van der Waals surface area contributed by atoms with Gasteiger partial charge in [0, 0.05) is 13.2 Å². The van der Waals surface area contributed by atoms with Crippen molar-refractivity contribution in [2.24, 2.45) is 11.8 Å². The lowest BCUT2D eigenvalue weighted by Crippen LogP contribution is -2.22. The lowest BCUT2D eigenvalue weighted by molar-refractivity contribution is -0.150. The second kappa shape index (κ2) is 7.29. The van der Waals surface area contributed by atoms with Gasteiger partial charge in [-0.15, -0.1) is 0 Å². The number of benzene rings is 1. The first-order valence-corrected chi connectivity index (χ1v) is 7.04. The number of carbonyl (C=O) groups excluding carboxylic acids is 1. The van der Waals surface area contributed by atoms with Crippen molar-refractivity contribution in [2.75, 3.05) is 13.2 Å². The lowest BCUT2D eigenvalue weighted by atomic mass is 9.90. The lowest BCUT2D eigenvalue weighted by Gasteiger charge is -2.24. The molecule has 0 bridgehead atoms. The second-order valence-corrected chi connectivity index (χ2v) is 5.29. The largest absolute Gasteiger partial charge is 0.461 e. The molecule has 0 amide bonds. The standard InChI is InChI=1S/C16H22O3/c1-13(11-14-7-9-18-10-8-14)16(17)19-12-15-5-3-2-4-6-15/h2-6,13-14H,7-12H2,1H3. The number of ether oxygens (including phenoxy) is 2. The third-order valence-corrected chi connectivity index (χ3v) is 3.65. The van der Waals surface area contributed by atoms with Crippen molar-refractivity contribution in [1.29, 1.82) is 0 Å². The van der Waals surface area contributed by atoms with Crippen LogP contribution in [0.1, 0.15) is 31.7 Å². The molecule has 3 heteroatoms. The molecule has 1 aromatic rings. The van der Waals surface area contributed by atoms with E-state index in [1.165, 1.54) is 0 Å². The van der Waals surface area contributed by atoms with Crippen molar-refractivity contribution >= 4 is 5.97 Å². The van der Waals surface area contributed by atoms with Gasteiger partial charge in [-0.1, -0.05) is 37.3 Å². The summed E-state index contributed by atoms with van der Waals surface area (Å²) in [4.78, 5) is 11.9. The average molecular weight is 262 g/mol. The molecule has 3 nitrogen and oxygen atoms in total. The van der Waals surface area contributed by atoms with E-state index in [-0.39, 0.29) is 11.9 Å². The molecule has 1 fully saturated rings. The summed E-state index contributed by atoms with van der Waals surface area (Å²) in [6.07, 6.45) is 3.05. The van der Waals surface area contributed by atoms with Crippen LogP contribution in [0.3, 0.4) is 0 Å². The minimum absolute atomic E-state index is 0.0215. The first kappa shape index (κ1) is 14.1. The van der Waals surface area contributed by atoms with E-state index < -0.39 is 0 Å². The van der Waals surface area contributed by atoms with Gasteiger partial charge in [0.2, 0.25) is 0 Å². The Balaban J connectivity index is 1.72. The highest BCUT2D eigenvalue weighted by Gasteiger charge is 2.22. The Morgan fingerprint density at radius 1 is 1.32 bits per heavy atom. The number of carbonyl (C=O) groups is 1. The zero-order valence-corrected chi connectivity index (χ0v) is 11.5. The molecular formula is C16H22O3. The molecule has 1 atom stereocenters. The molecule has 0 radical (unpaired) electrons. The molecular weight excluding hydrogens is 240 g/mol. The maximum Gasteiger partial charge on any atom is 0.308 e. The maximum atomic E-state index is 11.9. The summed E-state index contributed by atoms with van der Waals surface area (Å²) < 4.78 is 10.7. The molecule has 1 aliphatic heterocycles. The molecule has 1 saturated heterocycles. The monoisotopic (exact) mass is 262 g/mol. The van der Waals surface area contributed by atoms with Gasteiger partial charge in [-0.3, -0.25) is 4.79 Å². The van der Waals surface area contributed by atoms with Crippen LogP contribution in [-0.2, 0) is 20.9 Å². The highest BCUT2D eigenvalue weighted by molar-refractivity contribution is 5.71. The van der Waals surface area contributed by atoms with Gasteiger partial charge in [-0.25, -0.2) is 0 Å². The van der Waals surface area contributed by atoms with Crippen molar-refractivity contribution in [3.63, 3.8) is 0 Å². The van der Waals surface area contributed by atoms with Crippen LogP contribution in [0.5, 0.6) is 0 Å². The number of rotatable bonds is 5. The van der Waals surface area contributed by atoms with Gasteiger partial charge in [0.15, 0.2) is 0 Å². The molecule has 0 saturated carbocycles. The molecule has 1 aromatic carbocycles. The van der Waals surface area contributed by atoms with E-state index in [0.717, 1.165) is 38.0 Å². The van der Waals surface area contributed by atoms with Crippen molar-refractivity contribution in [2.45, 2.75) is 32.8 Å². The zero-order valence-electron chi connectivity index (χ0n) is 11.5. The molecule has 0 spiro atoms. The van der Waals surface area contributed by atoms with E-state index in [9.17, 15) is 4.79 Å². The summed E-state index contributed by atoms with van der Waals surface area (Å²) in [5, 5.41) is 0. The van der Waals surface area contributed by atoms with Gasteiger partial charge in [0.05, 0.1) is 5.92 Å². The normalized spacial score (nSPS) is 17.9. The summed E-state index contributed by atoms with van der Waals surface area (Å²) >= 11 is 0. The summed E-state index contributed by atoms with van der Waals surface area (Å²) in [6.45, 7) is 3.99. The number of esters is 1. The molecule has 1 heterocycles. The van der Waals surface area contributed by atoms with E-state index in [2.05, 4.69) is 0 Å². The Hall–Kier alpha value is -1.35. The van der Waals surface area contributed by atoms with Crippen LogP contribution in [0.4, 0.5) is 0 Å². The first-order chi connectivity index (χ1) is 9.25. The van der Waals surface area contributed by atoms with Gasteiger partial charge in [0.1, 0.15) is 6.61 Å². The molecule has 0 aliphatic carbocycles. The van der Waals surface area contributed by atoms with Gasteiger partial charge in [-0.2, -0.15) is 0 Å². The fraction of sp³-hybridized carbons (Fsp3) is 0.562. The van der Waals surface area contributed by atoms with Crippen molar-refractivity contribution in [3.8, 4) is 0 Å². The minimum Gasteiger partial charge on any atom is -0.461 e. The quantitative estimate of drug-likeness (QED) is 0.764. The topological polar surface area (TPSA) is 35.5 Å². The fourth-order valence-electron chi connectivity index (χ4n) is 2.45. The summed E-state index contributed by atoms with van der Waals surface area (Å²) in [7, 11) is 0. The van der Waals surface area contributed by atoms with Crippen LogP contribution in [0.15, 0.2) is 30.3 Å². The minimum atomic E-state index is -0.0876. The van der Waals surface area contributed by atoms with Crippen LogP contribution in [0.25, 0.3) is 0 Å². The predicted molar refractivity (Wildman–Crippen MR) is 73.6 cm³/mol. The van der Waals surface area contributed by atoms with E-state index in [4.69, 9.17) is 9.47 Å². The maximum absolute atomic E-state index is 11.9. The van der Waals surface area contributed by atoms with Gasteiger partial charge in [0.25, 0.3) is 0 Å². The molecule has 104 valence electrons. The Kier molecular flexibility index (Phi) is 5.40. The average Bonchev–Trinajstić information content (AvgIpc) is 2.47. The number of hydrogen-bond acceptors (Lipinski definition) is 3. The third-order valence-electron chi connectivity index (χ3n) is 3.65. The van der Waals surface area contributed by atoms with Crippen LogP contribution in [0, 0.1) is 11.8 Å². The summed E-state index contributed by atoms with van der Waals surface area (Å²) in [6, 6.07) is 9.80.